The molecule has 0 spiro atoms. The van der Waals surface area contributed by atoms with Gasteiger partial charge in [0.05, 0.1) is 11.5 Å². The van der Waals surface area contributed by atoms with Crippen molar-refractivity contribution in [3.05, 3.63) is 29.8 Å². The second-order valence-electron chi connectivity index (χ2n) is 3.80. The van der Waals surface area contributed by atoms with Gasteiger partial charge >= 0.3 is 0 Å². The highest BCUT2D eigenvalue weighted by atomic mass is 32.2. The molecular formula is C10H13NO4S. The van der Waals surface area contributed by atoms with Crippen LogP contribution in [0.1, 0.15) is 5.56 Å². The maximum atomic E-state index is 10.9. The predicted octanol–water partition coefficient (Wildman–Crippen LogP) is 0.341. The first-order valence-corrected chi connectivity index (χ1v) is 6.74. The van der Waals surface area contributed by atoms with E-state index in [-0.39, 0.29) is 17.6 Å². The Hall–Kier alpha value is -1.11. The standard InChI is InChI=1S/C10H13NO4S/c12-11-5-8-2-1-3-9(4-8)15-10-6-16(13,14)7-10/h1-4,10-12H,5-7H2. The van der Waals surface area contributed by atoms with Crippen molar-refractivity contribution in [2.75, 3.05) is 11.5 Å². The van der Waals surface area contributed by atoms with Crippen molar-refractivity contribution in [1.29, 1.82) is 0 Å². The maximum absolute atomic E-state index is 10.9. The maximum Gasteiger partial charge on any atom is 0.157 e. The Bertz CT molecular complexity index is 459. The molecule has 0 radical (unpaired) electrons. The molecule has 5 nitrogen and oxygen atoms in total. The van der Waals surface area contributed by atoms with Gasteiger partial charge < -0.3 is 9.94 Å². The molecule has 1 saturated heterocycles. The van der Waals surface area contributed by atoms with E-state index < -0.39 is 9.84 Å². The van der Waals surface area contributed by atoms with E-state index in [1.165, 1.54) is 0 Å². The van der Waals surface area contributed by atoms with Crippen LogP contribution in [-0.2, 0) is 16.4 Å². The first kappa shape index (κ1) is 11.4. The highest BCUT2D eigenvalue weighted by Crippen LogP contribution is 2.20. The molecule has 1 aromatic carbocycles. The number of sulfone groups is 1. The molecule has 0 aliphatic carbocycles. The third-order valence-corrected chi connectivity index (χ3v) is 4.12. The summed E-state index contributed by atoms with van der Waals surface area (Å²) in [6.07, 6.45) is -0.234. The van der Waals surface area contributed by atoms with E-state index in [2.05, 4.69) is 5.48 Å². The van der Waals surface area contributed by atoms with Gasteiger partial charge in [-0.1, -0.05) is 12.1 Å². The van der Waals surface area contributed by atoms with Gasteiger partial charge in [0, 0.05) is 6.54 Å². The molecule has 1 fully saturated rings. The summed E-state index contributed by atoms with van der Waals surface area (Å²) in [6.45, 7) is 0.333. The molecule has 1 aromatic rings. The SMILES string of the molecule is O=S1(=O)CC(Oc2cccc(CNO)c2)C1. The van der Waals surface area contributed by atoms with Crippen molar-refractivity contribution in [3.8, 4) is 5.75 Å². The topological polar surface area (TPSA) is 75.6 Å². The number of nitrogens with one attached hydrogen (secondary N) is 1. The highest BCUT2D eigenvalue weighted by molar-refractivity contribution is 7.92. The van der Waals surface area contributed by atoms with Crippen molar-refractivity contribution in [2.45, 2.75) is 12.6 Å². The lowest BCUT2D eigenvalue weighted by atomic mass is 10.2. The Morgan fingerprint density at radius 2 is 2.19 bits per heavy atom. The average Bonchev–Trinajstić information content (AvgIpc) is 2.16. The Kier molecular flexibility index (Phi) is 3.13. The largest absolute Gasteiger partial charge is 0.488 e. The lowest BCUT2D eigenvalue weighted by Crippen LogP contribution is -2.45. The van der Waals surface area contributed by atoms with Crippen LogP contribution in [0.4, 0.5) is 0 Å². The van der Waals surface area contributed by atoms with Crippen LogP contribution >= 0.6 is 0 Å². The molecule has 0 unspecified atom stereocenters. The second kappa shape index (κ2) is 4.40. The summed E-state index contributed by atoms with van der Waals surface area (Å²) in [5, 5.41) is 8.55. The van der Waals surface area contributed by atoms with Crippen LogP contribution in [0.2, 0.25) is 0 Å². The second-order valence-corrected chi connectivity index (χ2v) is 5.95. The third-order valence-electron chi connectivity index (χ3n) is 2.36. The van der Waals surface area contributed by atoms with Gasteiger partial charge in [-0.3, -0.25) is 0 Å². The molecule has 0 bridgehead atoms. The van der Waals surface area contributed by atoms with E-state index >= 15 is 0 Å². The smallest absolute Gasteiger partial charge is 0.157 e. The van der Waals surface area contributed by atoms with Crippen molar-refractivity contribution in [1.82, 2.24) is 5.48 Å². The van der Waals surface area contributed by atoms with Gasteiger partial charge in [-0.15, -0.1) is 0 Å². The zero-order chi connectivity index (χ0) is 11.6. The van der Waals surface area contributed by atoms with Gasteiger partial charge in [0.1, 0.15) is 11.9 Å². The van der Waals surface area contributed by atoms with E-state index in [4.69, 9.17) is 9.94 Å². The van der Waals surface area contributed by atoms with Gasteiger partial charge in [-0.2, -0.15) is 0 Å². The fourth-order valence-electron chi connectivity index (χ4n) is 1.60. The van der Waals surface area contributed by atoms with Gasteiger partial charge in [-0.25, -0.2) is 13.9 Å². The summed E-state index contributed by atoms with van der Waals surface area (Å²) in [4.78, 5) is 0. The van der Waals surface area contributed by atoms with Crippen molar-refractivity contribution in [3.63, 3.8) is 0 Å². The molecule has 2 N–H and O–H groups in total. The van der Waals surface area contributed by atoms with Crippen LogP contribution in [0.15, 0.2) is 24.3 Å². The highest BCUT2D eigenvalue weighted by Gasteiger charge is 2.35. The zero-order valence-corrected chi connectivity index (χ0v) is 9.40. The molecule has 88 valence electrons. The summed E-state index contributed by atoms with van der Waals surface area (Å²) < 4.78 is 27.4. The third kappa shape index (κ3) is 2.72. The van der Waals surface area contributed by atoms with Crippen molar-refractivity contribution >= 4 is 9.84 Å². The lowest BCUT2D eigenvalue weighted by Gasteiger charge is -2.26. The summed E-state index contributed by atoms with van der Waals surface area (Å²) in [5.74, 6) is 0.818. The molecular weight excluding hydrogens is 230 g/mol. The number of hydrogen-bond donors (Lipinski definition) is 2. The molecule has 1 aliphatic heterocycles. The van der Waals surface area contributed by atoms with Crippen LogP contribution in [0, 0.1) is 0 Å². The van der Waals surface area contributed by atoms with E-state index in [0.29, 0.717) is 12.3 Å². The number of benzene rings is 1. The van der Waals surface area contributed by atoms with Gasteiger partial charge in [-0.05, 0) is 17.7 Å². The number of rotatable bonds is 4. The minimum absolute atomic E-state index is 0.0927. The van der Waals surface area contributed by atoms with Crippen molar-refractivity contribution < 1.29 is 18.4 Å². The molecule has 0 atom stereocenters. The Morgan fingerprint density at radius 1 is 1.44 bits per heavy atom. The molecule has 1 aliphatic rings. The summed E-state index contributed by atoms with van der Waals surface area (Å²) in [5.41, 5.74) is 2.93. The quantitative estimate of drug-likeness (QED) is 0.746. The van der Waals surface area contributed by atoms with Crippen LogP contribution in [-0.4, -0.2) is 31.2 Å². The summed E-state index contributed by atoms with van der Waals surface area (Å²) in [6, 6.07) is 7.18. The van der Waals surface area contributed by atoms with E-state index in [1.54, 1.807) is 18.2 Å². The first-order chi connectivity index (χ1) is 7.59. The fourth-order valence-corrected chi connectivity index (χ4v) is 2.77. The van der Waals surface area contributed by atoms with Gasteiger partial charge in [0.15, 0.2) is 9.84 Å². The fraction of sp³-hybridized carbons (Fsp3) is 0.400. The molecule has 0 amide bonds. The Morgan fingerprint density at radius 3 is 2.81 bits per heavy atom. The van der Waals surface area contributed by atoms with Gasteiger partial charge in [0.25, 0.3) is 0 Å². The van der Waals surface area contributed by atoms with E-state index in [1.807, 2.05) is 6.07 Å². The van der Waals surface area contributed by atoms with E-state index in [9.17, 15) is 8.42 Å². The molecule has 0 saturated carbocycles. The number of ether oxygens (including phenoxy) is 1. The minimum atomic E-state index is -2.85. The van der Waals surface area contributed by atoms with Crippen LogP contribution in [0.25, 0.3) is 0 Å². The molecule has 0 aromatic heterocycles. The van der Waals surface area contributed by atoms with Crippen molar-refractivity contribution in [2.24, 2.45) is 0 Å². The zero-order valence-electron chi connectivity index (χ0n) is 8.59. The lowest BCUT2D eigenvalue weighted by molar-refractivity contribution is 0.161. The minimum Gasteiger partial charge on any atom is -0.488 e. The van der Waals surface area contributed by atoms with Crippen LogP contribution < -0.4 is 10.2 Å². The molecule has 1 heterocycles. The molecule has 2 rings (SSSR count). The van der Waals surface area contributed by atoms with Crippen LogP contribution in [0.5, 0.6) is 5.75 Å². The van der Waals surface area contributed by atoms with Gasteiger partial charge in [0.2, 0.25) is 0 Å². The summed E-state index contributed by atoms with van der Waals surface area (Å²) >= 11 is 0. The monoisotopic (exact) mass is 243 g/mol. The average molecular weight is 243 g/mol. The molecule has 16 heavy (non-hydrogen) atoms. The summed E-state index contributed by atoms with van der Waals surface area (Å²) in [7, 11) is -2.85. The first-order valence-electron chi connectivity index (χ1n) is 4.92. The Labute approximate surface area is 93.9 Å². The predicted molar refractivity (Wildman–Crippen MR) is 58.1 cm³/mol. The van der Waals surface area contributed by atoms with E-state index in [0.717, 1.165) is 5.56 Å². The number of hydrogen-bond acceptors (Lipinski definition) is 5. The normalized spacial score (nSPS) is 19.1. The van der Waals surface area contributed by atoms with Crippen LogP contribution in [0.3, 0.4) is 0 Å². The molecule has 6 heteroatoms. The number of hydroxylamine groups is 1. The Balaban J connectivity index is 1.97.